The largest absolute Gasteiger partial charge is 0.310 e. The quantitative estimate of drug-likeness (QED) is 0.165. The van der Waals surface area contributed by atoms with Gasteiger partial charge in [0.1, 0.15) is 0 Å². The highest BCUT2D eigenvalue weighted by Gasteiger charge is 2.48. The summed E-state index contributed by atoms with van der Waals surface area (Å²) in [5, 5.41) is 2.51. The van der Waals surface area contributed by atoms with Gasteiger partial charge in [0.25, 0.3) is 0 Å². The van der Waals surface area contributed by atoms with E-state index in [0.717, 1.165) is 17.1 Å². The minimum absolute atomic E-state index is 0.116. The van der Waals surface area contributed by atoms with Crippen LogP contribution in [0.5, 0.6) is 0 Å². The smallest absolute Gasteiger partial charge is 0.0714 e. The van der Waals surface area contributed by atoms with Crippen LogP contribution in [0.25, 0.3) is 44.2 Å². The van der Waals surface area contributed by atoms with Crippen molar-refractivity contribution in [2.75, 3.05) is 4.90 Å². The van der Waals surface area contributed by atoms with Crippen LogP contribution in [0.3, 0.4) is 0 Å². The SMILES string of the molecule is CC1(C)c2ccccc2-c2ccc(N(c3ccccc3)c3ccc4c(c3)C(c3ccccc3)(c3ccccc3)c3cc5ccccc5c(-c5ccccc5)c3-4)cc21. The lowest BCUT2D eigenvalue weighted by Gasteiger charge is -2.35. The fraction of sp³-hybridized carbons (Fsp3) is 0.0714. The molecule has 0 saturated heterocycles. The average Bonchev–Trinajstić information content (AvgIpc) is 3.69. The predicted octanol–water partition coefficient (Wildman–Crippen LogP) is 14.6. The summed E-state index contributed by atoms with van der Waals surface area (Å²) in [7, 11) is 0. The van der Waals surface area contributed by atoms with E-state index in [1.165, 1.54) is 77.5 Å². The molecule has 1 nitrogen and oxygen atoms in total. The van der Waals surface area contributed by atoms with Gasteiger partial charge >= 0.3 is 0 Å². The maximum absolute atomic E-state index is 2.49. The molecular weight excluding hydrogens is 687 g/mol. The molecule has 0 bridgehead atoms. The number of hydrogen-bond donors (Lipinski definition) is 0. The van der Waals surface area contributed by atoms with Gasteiger partial charge in [-0.25, -0.2) is 0 Å². The van der Waals surface area contributed by atoms with E-state index in [4.69, 9.17) is 0 Å². The fourth-order valence-electron chi connectivity index (χ4n) is 10.2. The molecular formula is C56H41N. The highest BCUT2D eigenvalue weighted by atomic mass is 15.1. The van der Waals surface area contributed by atoms with E-state index in [2.05, 4.69) is 231 Å². The van der Waals surface area contributed by atoms with Crippen molar-refractivity contribution in [3.8, 4) is 33.4 Å². The number of para-hydroxylation sites is 1. The van der Waals surface area contributed by atoms with E-state index in [1.54, 1.807) is 0 Å². The Morgan fingerprint density at radius 2 is 0.877 bits per heavy atom. The molecule has 0 saturated carbocycles. The average molecular weight is 728 g/mol. The van der Waals surface area contributed by atoms with Crippen LogP contribution in [0, 0.1) is 0 Å². The van der Waals surface area contributed by atoms with Gasteiger partial charge in [-0.3, -0.25) is 0 Å². The van der Waals surface area contributed by atoms with E-state index >= 15 is 0 Å². The van der Waals surface area contributed by atoms with Gasteiger partial charge in [-0.1, -0.05) is 184 Å². The molecule has 0 aromatic heterocycles. The van der Waals surface area contributed by atoms with Gasteiger partial charge in [-0.15, -0.1) is 0 Å². The van der Waals surface area contributed by atoms with Crippen molar-refractivity contribution in [1.29, 1.82) is 0 Å². The van der Waals surface area contributed by atoms with Crippen molar-refractivity contribution in [2.45, 2.75) is 24.7 Å². The number of hydrogen-bond acceptors (Lipinski definition) is 1. The summed E-state index contributed by atoms with van der Waals surface area (Å²) in [5.41, 5.74) is 18.3. The van der Waals surface area contributed by atoms with E-state index < -0.39 is 5.41 Å². The summed E-state index contributed by atoms with van der Waals surface area (Å²) in [6.07, 6.45) is 0. The van der Waals surface area contributed by atoms with Crippen LogP contribution in [-0.2, 0) is 10.8 Å². The number of benzene rings is 9. The molecule has 0 unspecified atom stereocenters. The van der Waals surface area contributed by atoms with Crippen LogP contribution in [-0.4, -0.2) is 0 Å². The van der Waals surface area contributed by atoms with Gasteiger partial charge in [0.05, 0.1) is 5.41 Å². The van der Waals surface area contributed by atoms with Gasteiger partial charge in [-0.05, 0) is 120 Å². The van der Waals surface area contributed by atoms with E-state index in [0.29, 0.717) is 0 Å². The van der Waals surface area contributed by atoms with Crippen LogP contribution < -0.4 is 4.90 Å². The summed E-state index contributed by atoms with van der Waals surface area (Å²) in [6, 6.07) is 78.8. The molecule has 0 atom stereocenters. The molecule has 0 radical (unpaired) electrons. The Bertz CT molecular complexity index is 2920. The summed E-state index contributed by atoms with van der Waals surface area (Å²) in [4.78, 5) is 2.46. The molecule has 2 aliphatic carbocycles. The molecule has 0 amide bonds. The van der Waals surface area contributed by atoms with Gasteiger partial charge in [0.15, 0.2) is 0 Å². The Morgan fingerprint density at radius 3 is 1.56 bits per heavy atom. The molecule has 2 aliphatic rings. The Labute approximate surface area is 335 Å². The highest BCUT2D eigenvalue weighted by Crippen LogP contribution is 2.61. The minimum Gasteiger partial charge on any atom is -0.310 e. The number of anilines is 3. The first kappa shape index (κ1) is 33.4. The predicted molar refractivity (Wildman–Crippen MR) is 239 cm³/mol. The van der Waals surface area contributed by atoms with Gasteiger partial charge in [0.2, 0.25) is 0 Å². The molecule has 57 heavy (non-hydrogen) atoms. The monoisotopic (exact) mass is 727 g/mol. The molecule has 9 aromatic rings. The van der Waals surface area contributed by atoms with E-state index in [9.17, 15) is 0 Å². The van der Waals surface area contributed by atoms with Gasteiger partial charge in [0, 0.05) is 22.5 Å². The Morgan fingerprint density at radius 1 is 0.351 bits per heavy atom. The van der Waals surface area contributed by atoms with Crippen LogP contribution in [0.15, 0.2) is 212 Å². The molecule has 0 fully saturated rings. The molecule has 1 heteroatoms. The highest BCUT2D eigenvalue weighted by molar-refractivity contribution is 6.09. The second kappa shape index (κ2) is 12.8. The fourth-order valence-corrected chi connectivity index (χ4v) is 10.2. The second-order valence-electron chi connectivity index (χ2n) is 16.0. The van der Waals surface area contributed by atoms with E-state index in [1.807, 2.05) is 0 Å². The lowest BCUT2D eigenvalue weighted by molar-refractivity contribution is 0.660. The van der Waals surface area contributed by atoms with Crippen molar-refractivity contribution in [3.63, 3.8) is 0 Å². The number of rotatable bonds is 6. The van der Waals surface area contributed by atoms with Crippen LogP contribution in [0.1, 0.15) is 47.2 Å². The summed E-state index contributed by atoms with van der Waals surface area (Å²) >= 11 is 0. The van der Waals surface area contributed by atoms with Crippen LogP contribution in [0.2, 0.25) is 0 Å². The van der Waals surface area contributed by atoms with Crippen molar-refractivity contribution < 1.29 is 0 Å². The minimum atomic E-state index is -0.583. The summed E-state index contributed by atoms with van der Waals surface area (Å²) in [6.45, 7) is 4.73. The zero-order valence-corrected chi connectivity index (χ0v) is 32.2. The topological polar surface area (TPSA) is 3.24 Å². The Balaban J connectivity index is 1.23. The zero-order valence-electron chi connectivity index (χ0n) is 32.2. The summed E-state index contributed by atoms with van der Waals surface area (Å²) < 4.78 is 0. The molecule has 11 rings (SSSR count). The van der Waals surface area contributed by atoms with Crippen molar-refractivity contribution in [3.05, 3.63) is 246 Å². The first-order chi connectivity index (χ1) is 28.0. The first-order valence-corrected chi connectivity index (χ1v) is 20.0. The van der Waals surface area contributed by atoms with Crippen molar-refractivity contribution >= 4 is 27.8 Å². The third kappa shape index (κ3) is 4.89. The maximum Gasteiger partial charge on any atom is 0.0714 e. The first-order valence-electron chi connectivity index (χ1n) is 20.0. The lowest BCUT2D eigenvalue weighted by Crippen LogP contribution is -2.29. The molecule has 0 spiro atoms. The van der Waals surface area contributed by atoms with Crippen molar-refractivity contribution in [2.24, 2.45) is 0 Å². The second-order valence-corrected chi connectivity index (χ2v) is 16.0. The molecule has 0 N–H and O–H groups in total. The van der Waals surface area contributed by atoms with Crippen LogP contribution >= 0.6 is 0 Å². The van der Waals surface area contributed by atoms with Gasteiger partial charge < -0.3 is 4.90 Å². The Kier molecular flexibility index (Phi) is 7.50. The lowest BCUT2D eigenvalue weighted by atomic mass is 9.67. The molecule has 0 heterocycles. The van der Waals surface area contributed by atoms with E-state index in [-0.39, 0.29) is 5.41 Å². The third-order valence-corrected chi connectivity index (χ3v) is 12.7. The summed E-state index contributed by atoms with van der Waals surface area (Å²) in [5.74, 6) is 0. The van der Waals surface area contributed by atoms with Crippen molar-refractivity contribution in [1.82, 2.24) is 0 Å². The molecule has 9 aromatic carbocycles. The molecule has 0 aliphatic heterocycles. The Hall–Kier alpha value is -6.96. The normalized spacial score (nSPS) is 14.1. The number of nitrogens with zero attached hydrogens (tertiary/aromatic N) is 1. The van der Waals surface area contributed by atoms with Gasteiger partial charge in [-0.2, -0.15) is 0 Å². The number of fused-ring (bicyclic) bond motifs is 7. The third-order valence-electron chi connectivity index (χ3n) is 12.7. The van der Waals surface area contributed by atoms with Crippen LogP contribution in [0.4, 0.5) is 17.1 Å². The standard InChI is InChI=1S/C56H41N/c1-55(2)49-30-18-17-29-46(49)47-33-31-43(36-50(47)55)57(42-26-13-6-14-27-42)44-32-34-48-51(37-44)56(40-22-9-4-10-23-40,41-24-11-5-12-25-41)52-35-39-21-15-16-28-45(39)53(54(48)52)38-19-7-3-8-20-38/h3-37H,1-2H3. The zero-order chi connectivity index (χ0) is 38.1. The maximum atomic E-state index is 2.49. The molecule has 270 valence electrons.